The molecule has 0 radical (unpaired) electrons. The third-order valence-electron chi connectivity index (χ3n) is 2.81. The summed E-state index contributed by atoms with van der Waals surface area (Å²) >= 11 is 0. The number of likely N-dealkylation sites (tertiary alicyclic amines) is 1. The zero-order valence-electron chi connectivity index (χ0n) is 9.03. The van der Waals surface area contributed by atoms with E-state index >= 15 is 0 Å². The van der Waals surface area contributed by atoms with Gasteiger partial charge in [0.1, 0.15) is 0 Å². The van der Waals surface area contributed by atoms with Crippen LogP contribution in [0, 0.1) is 17.2 Å². The summed E-state index contributed by atoms with van der Waals surface area (Å²) in [5.74, 6) is 0.986. The summed E-state index contributed by atoms with van der Waals surface area (Å²) < 4.78 is 0. The molecule has 2 atom stereocenters. The number of rotatable bonds is 2. The van der Waals surface area contributed by atoms with E-state index in [0.29, 0.717) is 12.5 Å². The van der Waals surface area contributed by atoms with Crippen LogP contribution in [-0.2, 0) is 0 Å². The van der Waals surface area contributed by atoms with Crippen molar-refractivity contribution in [1.82, 2.24) is 4.90 Å². The third-order valence-corrected chi connectivity index (χ3v) is 2.81. The minimum atomic E-state index is -0.215. The second-order valence-electron chi connectivity index (χ2n) is 4.58. The van der Waals surface area contributed by atoms with Crippen LogP contribution in [0.5, 0.6) is 0 Å². The Morgan fingerprint density at radius 2 is 2.29 bits per heavy atom. The molecule has 0 spiro atoms. The molecule has 14 heavy (non-hydrogen) atoms. The van der Waals surface area contributed by atoms with Gasteiger partial charge in [0, 0.05) is 19.0 Å². The van der Waals surface area contributed by atoms with Crippen molar-refractivity contribution in [3.8, 4) is 0 Å². The second kappa shape index (κ2) is 4.64. The molecule has 1 heterocycles. The van der Waals surface area contributed by atoms with Crippen molar-refractivity contribution in [3.05, 3.63) is 0 Å². The topological polar surface area (TPSA) is 73.3 Å². The minimum absolute atomic E-state index is 0.130. The van der Waals surface area contributed by atoms with Gasteiger partial charge in [-0.25, -0.2) is 0 Å². The van der Waals surface area contributed by atoms with E-state index in [1.807, 2.05) is 4.90 Å². The van der Waals surface area contributed by atoms with E-state index in [9.17, 15) is 5.11 Å². The average Bonchev–Trinajstić information content (AvgIpc) is 2.07. The number of aliphatic hydroxyl groups is 1. The molecule has 4 heteroatoms. The second-order valence-corrected chi connectivity index (χ2v) is 4.58. The van der Waals surface area contributed by atoms with Gasteiger partial charge >= 0.3 is 0 Å². The van der Waals surface area contributed by atoms with Crippen molar-refractivity contribution in [2.75, 3.05) is 13.1 Å². The van der Waals surface area contributed by atoms with Crippen LogP contribution in [0.2, 0.25) is 0 Å². The van der Waals surface area contributed by atoms with Gasteiger partial charge in [-0.3, -0.25) is 5.41 Å². The van der Waals surface area contributed by atoms with Gasteiger partial charge in [-0.2, -0.15) is 0 Å². The number of aliphatic hydroxyl groups excluding tert-OH is 1. The van der Waals surface area contributed by atoms with Crippen LogP contribution < -0.4 is 5.73 Å². The fraction of sp³-hybridized carbons (Fsp3) is 0.900. The van der Waals surface area contributed by atoms with Gasteiger partial charge in [0.25, 0.3) is 0 Å². The molecule has 0 aromatic heterocycles. The maximum atomic E-state index is 9.78. The molecule has 82 valence electrons. The Labute approximate surface area is 85.6 Å². The van der Waals surface area contributed by atoms with Crippen molar-refractivity contribution in [1.29, 1.82) is 5.41 Å². The first-order chi connectivity index (χ1) is 6.50. The fourth-order valence-corrected chi connectivity index (χ4v) is 2.08. The van der Waals surface area contributed by atoms with Gasteiger partial charge in [0.15, 0.2) is 5.96 Å². The maximum absolute atomic E-state index is 9.78. The van der Waals surface area contributed by atoms with E-state index in [-0.39, 0.29) is 18.0 Å². The summed E-state index contributed by atoms with van der Waals surface area (Å²) in [4.78, 5) is 1.85. The largest absolute Gasteiger partial charge is 0.393 e. The van der Waals surface area contributed by atoms with E-state index in [4.69, 9.17) is 11.1 Å². The molecule has 4 nitrogen and oxygen atoms in total. The Morgan fingerprint density at radius 3 is 2.79 bits per heavy atom. The van der Waals surface area contributed by atoms with Crippen LogP contribution in [0.15, 0.2) is 0 Å². The number of nitrogens with one attached hydrogen (secondary N) is 1. The quantitative estimate of drug-likeness (QED) is 0.450. The zero-order chi connectivity index (χ0) is 10.7. The molecule has 1 rings (SSSR count). The number of nitrogens with two attached hydrogens (primary N) is 1. The van der Waals surface area contributed by atoms with Crippen LogP contribution in [0.1, 0.15) is 26.7 Å². The first kappa shape index (κ1) is 11.3. The van der Waals surface area contributed by atoms with Crippen molar-refractivity contribution >= 4 is 5.96 Å². The van der Waals surface area contributed by atoms with Gasteiger partial charge in [-0.1, -0.05) is 13.8 Å². The van der Waals surface area contributed by atoms with Crippen LogP contribution in [-0.4, -0.2) is 35.2 Å². The first-order valence-corrected chi connectivity index (χ1v) is 5.27. The molecule has 0 aromatic carbocycles. The monoisotopic (exact) mass is 199 g/mol. The van der Waals surface area contributed by atoms with Gasteiger partial charge < -0.3 is 15.7 Å². The summed E-state index contributed by atoms with van der Waals surface area (Å²) in [5, 5.41) is 17.1. The van der Waals surface area contributed by atoms with Gasteiger partial charge in [-0.15, -0.1) is 0 Å². The van der Waals surface area contributed by atoms with E-state index in [1.54, 1.807) is 0 Å². The Balaban J connectivity index is 2.50. The standard InChI is InChI=1S/C10H21N3O/c1-7(2)5-8-6-13(10(11)12)4-3-9(8)14/h7-9,14H,3-6H2,1-2H3,(H3,11,12)/t8-,9-/m1/s1. The summed E-state index contributed by atoms with van der Waals surface area (Å²) in [7, 11) is 0. The van der Waals surface area contributed by atoms with Crippen LogP contribution in [0.3, 0.4) is 0 Å². The van der Waals surface area contributed by atoms with Gasteiger partial charge in [0.2, 0.25) is 0 Å². The lowest BCUT2D eigenvalue weighted by Gasteiger charge is -2.37. The van der Waals surface area contributed by atoms with Crippen LogP contribution >= 0.6 is 0 Å². The van der Waals surface area contributed by atoms with E-state index in [0.717, 1.165) is 19.4 Å². The van der Waals surface area contributed by atoms with Crippen molar-refractivity contribution in [2.24, 2.45) is 17.6 Å². The molecule has 4 N–H and O–H groups in total. The molecule has 1 aliphatic heterocycles. The highest BCUT2D eigenvalue weighted by Gasteiger charge is 2.28. The molecule has 1 aliphatic rings. The summed E-state index contributed by atoms with van der Waals surface area (Å²) in [5.41, 5.74) is 5.43. The Kier molecular flexibility index (Phi) is 3.75. The molecule has 1 saturated heterocycles. The molecule has 0 saturated carbocycles. The van der Waals surface area contributed by atoms with Crippen molar-refractivity contribution in [3.63, 3.8) is 0 Å². The first-order valence-electron chi connectivity index (χ1n) is 5.27. The highest BCUT2D eigenvalue weighted by molar-refractivity contribution is 5.74. The maximum Gasteiger partial charge on any atom is 0.188 e. The lowest BCUT2D eigenvalue weighted by Crippen LogP contribution is -2.48. The number of nitrogens with zero attached hydrogens (tertiary/aromatic N) is 1. The molecule has 0 aliphatic carbocycles. The highest BCUT2D eigenvalue weighted by Crippen LogP contribution is 2.23. The summed E-state index contributed by atoms with van der Waals surface area (Å²) in [6, 6.07) is 0. The normalized spacial score (nSPS) is 28.1. The van der Waals surface area contributed by atoms with E-state index in [2.05, 4.69) is 13.8 Å². The van der Waals surface area contributed by atoms with Crippen LogP contribution in [0.25, 0.3) is 0 Å². The SMILES string of the molecule is CC(C)C[C@@H]1CN(C(=N)N)CC[C@H]1O. The number of hydrogen-bond acceptors (Lipinski definition) is 2. The fourth-order valence-electron chi connectivity index (χ4n) is 2.08. The Bertz CT molecular complexity index is 206. The van der Waals surface area contributed by atoms with Gasteiger partial charge in [0.05, 0.1) is 6.10 Å². The third kappa shape index (κ3) is 2.87. The number of hydrogen-bond donors (Lipinski definition) is 3. The molecule has 0 aromatic rings. The van der Waals surface area contributed by atoms with Crippen molar-refractivity contribution in [2.45, 2.75) is 32.8 Å². The van der Waals surface area contributed by atoms with Gasteiger partial charge in [-0.05, 0) is 18.8 Å². The minimum Gasteiger partial charge on any atom is -0.393 e. The molecular weight excluding hydrogens is 178 g/mol. The highest BCUT2D eigenvalue weighted by atomic mass is 16.3. The zero-order valence-corrected chi connectivity index (χ0v) is 9.03. The average molecular weight is 199 g/mol. The predicted octanol–water partition coefficient (Wildman–Crippen LogP) is 0.609. The number of guanidine groups is 1. The summed E-state index contributed by atoms with van der Waals surface area (Å²) in [6.07, 6.45) is 1.52. The van der Waals surface area contributed by atoms with E-state index < -0.39 is 0 Å². The van der Waals surface area contributed by atoms with Crippen molar-refractivity contribution < 1.29 is 5.11 Å². The summed E-state index contributed by atoms with van der Waals surface area (Å²) in [6.45, 7) is 5.75. The van der Waals surface area contributed by atoms with E-state index in [1.165, 1.54) is 0 Å². The smallest absolute Gasteiger partial charge is 0.188 e. The Morgan fingerprint density at radius 1 is 1.64 bits per heavy atom. The molecule has 0 bridgehead atoms. The number of piperidine rings is 1. The molecule has 1 fully saturated rings. The lowest BCUT2D eigenvalue weighted by molar-refractivity contribution is 0.0392. The molecule has 0 amide bonds. The Hall–Kier alpha value is -0.770. The predicted molar refractivity (Wildman–Crippen MR) is 57.1 cm³/mol. The van der Waals surface area contributed by atoms with Crippen LogP contribution in [0.4, 0.5) is 0 Å². The molecule has 0 unspecified atom stereocenters. The lowest BCUT2D eigenvalue weighted by atomic mass is 9.87. The molecular formula is C10H21N3O.